The van der Waals surface area contributed by atoms with Gasteiger partial charge < -0.3 is 10.6 Å². The molecule has 0 saturated heterocycles. The maximum Gasteiger partial charge on any atom is 0.237 e. The zero-order chi connectivity index (χ0) is 15.3. The summed E-state index contributed by atoms with van der Waals surface area (Å²) in [5, 5.41) is 0. The highest BCUT2D eigenvalue weighted by atomic mass is 79.9. The predicted octanol–water partition coefficient (Wildman–Crippen LogP) is 2.53. The first-order valence-electron chi connectivity index (χ1n) is 6.14. The third-order valence-corrected chi connectivity index (χ3v) is 4.03. The van der Waals surface area contributed by atoms with Crippen molar-refractivity contribution in [1.29, 1.82) is 0 Å². The van der Waals surface area contributed by atoms with E-state index in [2.05, 4.69) is 15.9 Å². The van der Waals surface area contributed by atoms with Crippen LogP contribution in [0.3, 0.4) is 0 Å². The average molecular weight is 362 g/mol. The molecule has 0 bridgehead atoms. The fourth-order valence-electron chi connectivity index (χ4n) is 1.68. The molecule has 0 saturated carbocycles. The third-order valence-electron chi connectivity index (χ3n) is 2.83. The molecule has 0 atom stereocenters. The molecule has 2 amide bonds. The highest BCUT2D eigenvalue weighted by molar-refractivity contribution is 9.10. The molecule has 0 aliphatic heterocycles. The van der Waals surface area contributed by atoms with E-state index in [1.165, 1.54) is 4.90 Å². The van der Waals surface area contributed by atoms with Gasteiger partial charge >= 0.3 is 0 Å². The van der Waals surface area contributed by atoms with Gasteiger partial charge in [-0.15, -0.1) is 11.6 Å². The van der Waals surface area contributed by atoms with Crippen molar-refractivity contribution < 1.29 is 9.59 Å². The summed E-state index contributed by atoms with van der Waals surface area (Å²) < 4.78 is 0.954. The second kappa shape index (κ2) is 7.09. The Bertz CT molecular complexity index is 488. The molecule has 0 unspecified atom stereocenters. The molecule has 20 heavy (non-hydrogen) atoms. The second-order valence-corrected chi connectivity index (χ2v) is 6.45. The lowest BCUT2D eigenvalue weighted by Gasteiger charge is -2.30. The minimum absolute atomic E-state index is 0.116. The highest BCUT2D eigenvalue weighted by Gasteiger charge is 2.31. The summed E-state index contributed by atoms with van der Waals surface area (Å²) >= 11 is 9.17. The molecule has 0 aromatic heterocycles. The molecule has 0 aliphatic carbocycles. The van der Waals surface area contributed by atoms with E-state index in [-0.39, 0.29) is 18.3 Å². The second-order valence-electron chi connectivity index (χ2n) is 5.27. The van der Waals surface area contributed by atoms with Crippen molar-refractivity contribution in [2.24, 2.45) is 11.1 Å². The predicted molar refractivity (Wildman–Crippen MR) is 83.3 cm³/mol. The first kappa shape index (κ1) is 17.0. The molecule has 1 aromatic carbocycles. The van der Waals surface area contributed by atoms with Gasteiger partial charge in [0.15, 0.2) is 0 Å². The van der Waals surface area contributed by atoms with E-state index < -0.39 is 11.3 Å². The number of carbonyl (C=O) groups is 2. The van der Waals surface area contributed by atoms with Crippen LogP contribution in [0, 0.1) is 5.41 Å². The lowest BCUT2D eigenvalue weighted by atomic mass is 9.94. The van der Waals surface area contributed by atoms with Crippen LogP contribution in [0.4, 0.5) is 0 Å². The Balaban J connectivity index is 2.92. The third kappa shape index (κ3) is 4.80. The smallest absolute Gasteiger partial charge is 0.237 e. The van der Waals surface area contributed by atoms with Crippen molar-refractivity contribution >= 4 is 39.3 Å². The van der Waals surface area contributed by atoms with Gasteiger partial charge in [0.25, 0.3) is 0 Å². The van der Waals surface area contributed by atoms with Gasteiger partial charge in [0.1, 0.15) is 0 Å². The number of rotatable bonds is 6. The van der Waals surface area contributed by atoms with Gasteiger partial charge in [-0.1, -0.05) is 28.1 Å². The number of carbonyl (C=O) groups excluding carboxylic acids is 2. The number of hydrogen-bond acceptors (Lipinski definition) is 2. The molecule has 0 heterocycles. The quantitative estimate of drug-likeness (QED) is 0.791. The summed E-state index contributed by atoms with van der Waals surface area (Å²) in [4.78, 5) is 25.0. The first-order chi connectivity index (χ1) is 9.26. The van der Waals surface area contributed by atoms with E-state index in [4.69, 9.17) is 17.3 Å². The average Bonchev–Trinajstić information content (AvgIpc) is 2.39. The highest BCUT2D eigenvalue weighted by Crippen LogP contribution is 2.22. The van der Waals surface area contributed by atoms with Gasteiger partial charge in [-0.25, -0.2) is 0 Å². The van der Waals surface area contributed by atoms with Crippen LogP contribution in [0.5, 0.6) is 0 Å². The van der Waals surface area contributed by atoms with E-state index in [1.54, 1.807) is 13.8 Å². The van der Waals surface area contributed by atoms with E-state index in [0.29, 0.717) is 6.54 Å². The fourth-order valence-corrected chi connectivity index (χ4v) is 2.06. The number of alkyl halides is 1. The maximum absolute atomic E-state index is 12.4. The number of nitrogens with two attached hydrogens (primary N) is 1. The van der Waals surface area contributed by atoms with Crippen LogP contribution >= 0.6 is 27.5 Å². The van der Waals surface area contributed by atoms with Crippen LogP contribution in [0.15, 0.2) is 28.7 Å². The summed E-state index contributed by atoms with van der Waals surface area (Å²) in [7, 11) is 0. The Morgan fingerprint density at radius 1 is 1.30 bits per heavy atom. The van der Waals surface area contributed by atoms with Crippen molar-refractivity contribution in [3.05, 3.63) is 34.3 Å². The molecule has 0 fully saturated rings. The van der Waals surface area contributed by atoms with E-state index in [0.717, 1.165) is 10.0 Å². The fraction of sp³-hybridized carbons (Fsp3) is 0.429. The van der Waals surface area contributed by atoms with Crippen molar-refractivity contribution in [1.82, 2.24) is 4.90 Å². The molecule has 6 heteroatoms. The number of halogens is 2. The standard InChI is InChI=1S/C14H18BrClN2O2/c1-14(2,9-16)13(20)18(8-12(17)19)7-10-3-5-11(15)6-4-10/h3-6H,7-9H2,1-2H3,(H2,17,19). The van der Waals surface area contributed by atoms with Gasteiger partial charge in [0.2, 0.25) is 11.8 Å². The van der Waals surface area contributed by atoms with E-state index >= 15 is 0 Å². The summed E-state index contributed by atoms with van der Waals surface area (Å²) in [6.07, 6.45) is 0. The molecular formula is C14H18BrClN2O2. The number of primary amides is 1. The topological polar surface area (TPSA) is 63.4 Å². The van der Waals surface area contributed by atoms with Crippen molar-refractivity contribution in [3.8, 4) is 0 Å². The van der Waals surface area contributed by atoms with Crippen molar-refractivity contribution in [2.75, 3.05) is 12.4 Å². The molecule has 2 N–H and O–H groups in total. The maximum atomic E-state index is 12.4. The summed E-state index contributed by atoms with van der Waals surface area (Å²) in [6, 6.07) is 7.54. The molecule has 110 valence electrons. The number of nitrogens with zero attached hydrogens (tertiary/aromatic N) is 1. The largest absolute Gasteiger partial charge is 0.368 e. The molecular weight excluding hydrogens is 344 g/mol. The van der Waals surface area contributed by atoms with Gasteiger partial charge in [0.05, 0.1) is 12.0 Å². The zero-order valence-electron chi connectivity index (χ0n) is 11.5. The van der Waals surface area contributed by atoms with Crippen molar-refractivity contribution in [2.45, 2.75) is 20.4 Å². The Kier molecular flexibility index (Phi) is 6.02. The van der Waals surface area contributed by atoms with E-state index in [9.17, 15) is 9.59 Å². The molecule has 0 aliphatic rings. The molecule has 4 nitrogen and oxygen atoms in total. The minimum atomic E-state index is -0.730. The van der Waals surface area contributed by atoms with Gasteiger partial charge in [-0.05, 0) is 31.5 Å². The van der Waals surface area contributed by atoms with Crippen LogP contribution in [-0.4, -0.2) is 29.1 Å². The monoisotopic (exact) mass is 360 g/mol. The lowest BCUT2D eigenvalue weighted by Crippen LogP contribution is -2.45. The summed E-state index contributed by atoms with van der Waals surface area (Å²) in [6.45, 7) is 3.71. The van der Waals surface area contributed by atoms with Gasteiger partial charge in [-0.3, -0.25) is 9.59 Å². The Morgan fingerprint density at radius 2 is 1.85 bits per heavy atom. The molecule has 1 aromatic rings. The summed E-state index contributed by atoms with van der Waals surface area (Å²) in [5.41, 5.74) is 5.41. The number of amides is 2. The molecule has 0 radical (unpaired) electrons. The normalized spacial score (nSPS) is 11.2. The summed E-state index contributed by atoms with van der Waals surface area (Å²) in [5.74, 6) is -0.545. The Labute approximate surface area is 132 Å². The SMILES string of the molecule is CC(C)(CCl)C(=O)N(CC(N)=O)Cc1ccc(Br)cc1. The van der Waals surface area contributed by atoms with Crippen molar-refractivity contribution in [3.63, 3.8) is 0 Å². The lowest BCUT2D eigenvalue weighted by molar-refractivity contribution is -0.142. The number of hydrogen-bond donors (Lipinski definition) is 1. The first-order valence-corrected chi connectivity index (χ1v) is 7.47. The van der Waals surface area contributed by atoms with Crippen LogP contribution in [0.2, 0.25) is 0 Å². The Hall–Kier alpha value is -1.07. The number of benzene rings is 1. The van der Waals surface area contributed by atoms with Crippen LogP contribution < -0.4 is 5.73 Å². The van der Waals surface area contributed by atoms with Crippen LogP contribution in [0.1, 0.15) is 19.4 Å². The Morgan fingerprint density at radius 3 is 2.30 bits per heavy atom. The zero-order valence-corrected chi connectivity index (χ0v) is 13.9. The minimum Gasteiger partial charge on any atom is -0.368 e. The van der Waals surface area contributed by atoms with Crippen LogP contribution in [-0.2, 0) is 16.1 Å². The van der Waals surface area contributed by atoms with Gasteiger partial charge in [-0.2, -0.15) is 0 Å². The van der Waals surface area contributed by atoms with Gasteiger partial charge in [0, 0.05) is 16.9 Å². The molecule has 0 spiro atoms. The van der Waals surface area contributed by atoms with E-state index in [1.807, 2.05) is 24.3 Å². The molecule has 1 rings (SSSR count). The van der Waals surface area contributed by atoms with Crippen LogP contribution in [0.25, 0.3) is 0 Å².